The molecule has 0 bridgehead atoms. The molecule has 0 aliphatic carbocycles. The van der Waals surface area contributed by atoms with Crippen molar-refractivity contribution in [3.8, 4) is 23.0 Å². The molecule has 7 heteroatoms. The lowest BCUT2D eigenvalue weighted by atomic mass is 10.1. The van der Waals surface area contributed by atoms with E-state index in [9.17, 15) is 4.79 Å². The second kappa shape index (κ2) is 9.90. The van der Waals surface area contributed by atoms with E-state index < -0.39 is 0 Å². The largest absolute Gasteiger partial charge is 0.493 e. The van der Waals surface area contributed by atoms with Gasteiger partial charge in [0.1, 0.15) is 0 Å². The van der Waals surface area contributed by atoms with Gasteiger partial charge < -0.3 is 24.3 Å². The Hall–Kier alpha value is -2.86. The molecule has 0 aliphatic rings. The molecular formula is C21H24ClNO5. The van der Waals surface area contributed by atoms with Crippen molar-refractivity contribution < 1.29 is 23.7 Å². The highest BCUT2D eigenvalue weighted by atomic mass is 35.5. The number of carbonyl (C=O) groups is 1. The Labute approximate surface area is 170 Å². The van der Waals surface area contributed by atoms with Crippen LogP contribution in [0, 0.1) is 6.92 Å². The normalized spacial score (nSPS) is 10.6. The average molecular weight is 406 g/mol. The summed E-state index contributed by atoms with van der Waals surface area (Å²) < 4.78 is 21.3. The number of hydrogen-bond acceptors (Lipinski definition) is 5. The van der Waals surface area contributed by atoms with Gasteiger partial charge in [0, 0.05) is 17.8 Å². The van der Waals surface area contributed by atoms with E-state index in [4.69, 9.17) is 30.5 Å². The Kier molecular flexibility index (Phi) is 7.58. The highest BCUT2D eigenvalue weighted by Crippen LogP contribution is 2.37. The van der Waals surface area contributed by atoms with Gasteiger partial charge in [0.25, 0.3) is 0 Å². The Balaban J connectivity index is 2.19. The molecule has 0 aromatic heterocycles. The summed E-state index contributed by atoms with van der Waals surface area (Å²) in [4.78, 5) is 12.3. The van der Waals surface area contributed by atoms with Crippen LogP contribution in [0.2, 0.25) is 5.02 Å². The highest BCUT2D eigenvalue weighted by molar-refractivity contribution is 6.32. The number of amides is 1. The Morgan fingerprint density at radius 1 is 1.04 bits per heavy atom. The fourth-order valence-electron chi connectivity index (χ4n) is 2.58. The van der Waals surface area contributed by atoms with Crippen molar-refractivity contribution in [1.29, 1.82) is 0 Å². The third-order valence-corrected chi connectivity index (χ3v) is 4.24. The third kappa shape index (κ3) is 5.10. The van der Waals surface area contributed by atoms with Crippen molar-refractivity contribution >= 4 is 29.3 Å². The predicted molar refractivity (Wildman–Crippen MR) is 111 cm³/mol. The summed E-state index contributed by atoms with van der Waals surface area (Å²) in [5.74, 6) is 1.83. The molecule has 2 aromatic rings. The van der Waals surface area contributed by atoms with Crippen LogP contribution in [0.15, 0.2) is 30.3 Å². The second-order valence-corrected chi connectivity index (χ2v) is 6.22. The van der Waals surface area contributed by atoms with E-state index in [-0.39, 0.29) is 5.91 Å². The number of halogens is 1. The predicted octanol–water partition coefficient (Wildman–Crippen LogP) is 4.72. The third-order valence-electron chi connectivity index (χ3n) is 3.96. The maximum absolute atomic E-state index is 12.3. The molecular weight excluding hydrogens is 382 g/mol. The van der Waals surface area contributed by atoms with Crippen molar-refractivity contribution in [2.45, 2.75) is 13.8 Å². The molecule has 0 atom stereocenters. The molecule has 0 fully saturated rings. The van der Waals surface area contributed by atoms with Crippen LogP contribution in [-0.4, -0.2) is 33.8 Å². The maximum Gasteiger partial charge on any atom is 0.248 e. The molecule has 2 rings (SSSR count). The van der Waals surface area contributed by atoms with Crippen LogP contribution < -0.4 is 24.3 Å². The van der Waals surface area contributed by atoms with E-state index >= 15 is 0 Å². The van der Waals surface area contributed by atoms with Crippen LogP contribution >= 0.6 is 11.6 Å². The number of benzene rings is 2. The molecule has 150 valence electrons. The van der Waals surface area contributed by atoms with Crippen molar-refractivity contribution in [1.82, 2.24) is 0 Å². The zero-order valence-corrected chi connectivity index (χ0v) is 17.3. The maximum atomic E-state index is 12.3. The zero-order valence-electron chi connectivity index (χ0n) is 16.6. The minimum atomic E-state index is -0.292. The molecule has 1 amide bonds. The average Bonchev–Trinajstić information content (AvgIpc) is 2.69. The van der Waals surface area contributed by atoms with Gasteiger partial charge in [-0.1, -0.05) is 11.6 Å². The molecule has 0 saturated heterocycles. The first-order chi connectivity index (χ1) is 13.4. The van der Waals surface area contributed by atoms with Crippen molar-refractivity contribution in [3.63, 3.8) is 0 Å². The molecule has 0 radical (unpaired) electrons. The van der Waals surface area contributed by atoms with E-state index in [1.807, 2.05) is 13.8 Å². The fraction of sp³-hybridized carbons (Fsp3) is 0.286. The minimum Gasteiger partial charge on any atom is -0.493 e. The minimum absolute atomic E-state index is 0.292. The van der Waals surface area contributed by atoms with Gasteiger partial charge in [-0.15, -0.1) is 0 Å². The van der Waals surface area contributed by atoms with Crippen LogP contribution in [0.25, 0.3) is 6.08 Å². The number of nitrogens with one attached hydrogen (secondary N) is 1. The number of hydrogen-bond donors (Lipinski definition) is 1. The Morgan fingerprint density at radius 3 is 2.29 bits per heavy atom. The first kappa shape index (κ1) is 21.4. The molecule has 0 aliphatic heterocycles. The number of anilines is 1. The van der Waals surface area contributed by atoms with Crippen LogP contribution in [0.1, 0.15) is 18.1 Å². The SMILES string of the molecule is CCOc1c(Cl)cc(/C=C/C(=O)Nc2cc(OC)c(OC)cc2C)cc1OC. The van der Waals surface area contributed by atoms with Gasteiger partial charge >= 0.3 is 0 Å². The number of methoxy groups -OCH3 is 3. The van der Waals surface area contributed by atoms with Crippen molar-refractivity contribution in [3.05, 3.63) is 46.5 Å². The van der Waals surface area contributed by atoms with Crippen molar-refractivity contribution in [2.24, 2.45) is 0 Å². The number of carbonyl (C=O) groups excluding carboxylic acids is 1. The molecule has 0 unspecified atom stereocenters. The van der Waals surface area contributed by atoms with E-state index in [1.54, 1.807) is 44.6 Å². The van der Waals surface area contributed by atoms with Gasteiger partial charge in [-0.2, -0.15) is 0 Å². The lowest BCUT2D eigenvalue weighted by Crippen LogP contribution is -2.09. The van der Waals surface area contributed by atoms with Gasteiger partial charge in [0.05, 0.1) is 33.0 Å². The van der Waals surface area contributed by atoms with Crippen LogP contribution in [-0.2, 0) is 4.79 Å². The van der Waals surface area contributed by atoms with Gasteiger partial charge in [-0.3, -0.25) is 4.79 Å². The summed E-state index contributed by atoms with van der Waals surface area (Å²) in [5.41, 5.74) is 2.20. The van der Waals surface area contributed by atoms with E-state index in [2.05, 4.69) is 5.32 Å². The standard InChI is InChI=1S/C21H24ClNO5/c1-6-28-21-15(22)10-14(11-19(21)27-5)7-8-20(24)23-16-12-18(26-4)17(25-3)9-13(16)2/h7-12H,6H2,1-5H3,(H,23,24)/b8-7+. The topological polar surface area (TPSA) is 66.0 Å². The van der Waals surface area contributed by atoms with E-state index in [0.29, 0.717) is 45.9 Å². The van der Waals surface area contributed by atoms with Gasteiger partial charge in [-0.05, 0) is 49.2 Å². The molecule has 6 nitrogen and oxygen atoms in total. The summed E-state index contributed by atoms with van der Waals surface area (Å²) in [6, 6.07) is 6.98. The van der Waals surface area contributed by atoms with Crippen LogP contribution in [0.4, 0.5) is 5.69 Å². The monoisotopic (exact) mass is 405 g/mol. The van der Waals surface area contributed by atoms with E-state index in [1.165, 1.54) is 13.2 Å². The van der Waals surface area contributed by atoms with Crippen LogP contribution in [0.3, 0.4) is 0 Å². The summed E-state index contributed by atoms with van der Waals surface area (Å²) >= 11 is 6.25. The summed E-state index contributed by atoms with van der Waals surface area (Å²) in [5, 5.41) is 3.25. The lowest BCUT2D eigenvalue weighted by molar-refractivity contribution is -0.111. The molecule has 0 spiro atoms. The van der Waals surface area contributed by atoms with Gasteiger partial charge in [0.15, 0.2) is 23.0 Å². The first-order valence-corrected chi connectivity index (χ1v) is 9.03. The molecule has 28 heavy (non-hydrogen) atoms. The molecule has 2 aromatic carbocycles. The summed E-state index contributed by atoms with van der Waals surface area (Å²) in [7, 11) is 4.64. The first-order valence-electron chi connectivity index (χ1n) is 8.65. The second-order valence-electron chi connectivity index (χ2n) is 5.81. The Bertz CT molecular complexity index is 880. The zero-order chi connectivity index (χ0) is 20.7. The number of aryl methyl sites for hydroxylation is 1. The number of ether oxygens (including phenoxy) is 4. The lowest BCUT2D eigenvalue weighted by Gasteiger charge is -2.13. The molecule has 0 heterocycles. The highest BCUT2D eigenvalue weighted by Gasteiger charge is 2.12. The summed E-state index contributed by atoms with van der Waals surface area (Å²) in [6.45, 7) is 4.21. The molecule has 0 saturated carbocycles. The quantitative estimate of drug-likeness (QED) is 0.643. The Morgan fingerprint density at radius 2 is 1.68 bits per heavy atom. The van der Waals surface area contributed by atoms with Crippen molar-refractivity contribution in [2.75, 3.05) is 33.3 Å². The van der Waals surface area contributed by atoms with Gasteiger partial charge in [-0.25, -0.2) is 0 Å². The summed E-state index contributed by atoms with van der Waals surface area (Å²) in [6.07, 6.45) is 3.07. The fourth-order valence-corrected chi connectivity index (χ4v) is 2.86. The van der Waals surface area contributed by atoms with Gasteiger partial charge in [0.2, 0.25) is 5.91 Å². The smallest absolute Gasteiger partial charge is 0.248 e. The van der Waals surface area contributed by atoms with Crippen LogP contribution in [0.5, 0.6) is 23.0 Å². The number of rotatable bonds is 8. The molecule has 1 N–H and O–H groups in total. The van der Waals surface area contributed by atoms with E-state index in [0.717, 1.165) is 5.56 Å².